The summed E-state index contributed by atoms with van der Waals surface area (Å²) in [6, 6.07) is 0.327. The van der Waals surface area contributed by atoms with Crippen LogP contribution in [0.4, 0.5) is 0 Å². The Morgan fingerprint density at radius 3 is 2.92 bits per heavy atom. The summed E-state index contributed by atoms with van der Waals surface area (Å²) < 4.78 is 1.97. The molecule has 3 heterocycles. The van der Waals surface area contributed by atoms with Crippen LogP contribution in [0.15, 0.2) is 16.7 Å². The quantitative estimate of drug-likeness (QED) is 0.392. The third-order valence-corrected chi connectivity index (χ3v) is 5.23. The molecule has 2 N–H and O–H groups in total. The number of aromatic nitrogens is 4. The minimum Gasteiger partial charge on any atom is -0.356 e. The Labute approximate surface area is 176 Å². The molecule has 0 saturated heterocycles. The van der Waals surface area contributed by atoms with Gasteiger partial charge in [0.05, 0.1) is 17.2 Å². The summed E-state index contributed by atoms with van der Waals surface area (Å²) in [7, 11) is 1.81. The number of nitrogens with one attached hydrogen (secondary N) is 2. The van der Waals surface area contributed by atoms with E-state index in [1.54, 1.807) is 24.7 Å². The van der Waals surface area contributed by atoms with E-state index >= 15 is 0 Å². The highest BCUT2D eigenvalue weighted by atomic mass is 127. The number of hydrogen-bond donors (Lipinski definition) is 2. The second-order valence-electron chi connectivity index (χ2n) is 7.36. The lowest BCUT2D eigenvalue weighted by Gasteiger charge is -2.25. The maximum Gasteiger partial charge on any atom is 0.191 e. The first kappa shape index (κ1) is 21.1. The van der Waals surface area contributed by atoms with Gasteiger partial charge in [0.1, 0.15) is 12.2 Å². The minimum absolute atomic E-state index is 0. The van der Waals surface area contributed by atoms with Gasteiger partial charge in [0.15, 0.2) is 5.96 Å². The van der Waals surface area contributed by atoms with Gasteiger partial charge in [-0.15, -0.1) is 35.3 Å². The molecule has 0 amide bonds. The summed E-state index contributed by atoms with van der Waals surface area (Å²) >= 11 is 1.73. The smallest absolute Gasteiger partial charge is 0.191 e. The summed E-state index contributed by atoms with van der Waals surface area (Å²) in [5.41, 5.74) is 1.28. The molecule has 1 aliphatic heterocycles. The molecule has 9 heteroatoms. The van der Waals surface area contributed by atoms with Crippen molar-refractivity contribution >= 4 is 41.3 Å². The monoisotopic (exact) mass is 489 g/mol. The van der Waals surface area contributed by atoms with Gasteiger partial charge in [-0.25, -0.2) is 14.6 Å². The highest BCUT2D eigenvalue weighted by Crippen LogP contribution is 2.23. The van der Waals surface area contributed by atoms with Crippen molar-refractivity contribution in [1.29, 1.82) is 0 Å². The number of aliphatic imine (C=N–C) groups is 1. The van der Waals surface area contributed by atoms with Crippen LogP contribution in [-0.2, 0) is 24.8 Å². The molecule has 1 aliphatic rings. The fourth-order valence-corrected chi connectivity index (χ4v) is 3.83. The molecule has 0 radical (unpaired) electrons. The van der Waals surface area contributed by atoms with Crippen LogP contribution in [0.3, 0.4) is 0 Å². The van der Waals surface area contributed by atoms with Crippen LogP contribution in [0.1, 0.15) is 43.7 Å². The summed E-state index contributed by atoms with van der Waals surface area (Å²) in [6.45, 7) is 8.23. The van der Waals surface area contributed by atoms with Crippen molar-refractivity contribution in [3.8, 4) is 0 Å². The van der Waals surface area contributed by atoms with Crippen molar-refractivity contribution in [3.63, 3.8) is 0 Å². The molecule has 1 unspecified atom stereocenters. The molecule has 26 heavy (non-hydrogen) atoms. The zero-order valence-corrected chi connectivity index (χ0v) is 19.0. The Hall–Kier alpha value is -1.23. The number of rotatable bonds is 4. The van der Waals surface area contributed by atoms with Crippen LogP contribution in [0.5, 0.6) is 0 Å². The third-order valence-electron chi connectivity index (χ3n) is 4.32. The predicted molar refractivity (Wildman–Crippen MR) is 117 cm³/mol. The fraction of sp³-hybridized carbons (Fsp3) is 0.647. The molecule has 3 rings (SSSR count). The van der Waals surface area contributed by atoms with Crippen molar-refractivity contribution < 1.29 is 0 Å². The molecular weight excluding hydrogens is 461 g/mol. The van der Waals surface area contributed by atoms with E-state index in [1.807, 2.05) is 4.68 Å². The highest BCUT2D eigenvalue weighted by molar-refractivity contribution is 14.0. The molecule has 7 nitrogen and oxygen atoms in total. The Morgan fingerprint density at radius 2 is 2.23 bits per heavy atom. The van der Waals surface area contributed by atoms with Gasteiger partial charge in [0.25, 0.3) is 0 Å². The van der Waals surface area contributed by atoms with Crippen molar-refractivity contribution in [2.45, 2.75) is 58.0 Å². The molecule has 0 fully saturated rings. The average Bonchev–Trinajstić information content (AvgIpc) is 3.22. The van der Waals surface area contributed by atoms with Crippen molar-refractivity contribution in [2.24, 2.45) is 4.99 Å². The lowest BCUT2D eigenvalue weighted by molar-refractivity contribution is 0.393. The third kappa shape index (κ3) is 5.38. The van der Waals surface area contributed by atoms with E-state index < -0.39 is 0 Å². The van der Waals surface area contributed by atoms with Gasteiger partial charge >= 0.3 is 0 Å². The standard InChI is InChI=1S/C17H27N7S.HI/c1-17(2,3)13-10-25-15(23-13)7-8-19-16(18-4)22-12-5-6-14-20-11-21-24(14)9-12;/h10-12H,5-9H2,1-4H3,(H2,18,19,22);1H. The van der Waals surface area contributed by atoms with E-state index in [4.69, 9.17) is 4.98 Å². The van der Waals surface area contributed by atoms with E-state index in [1.165, 1.54) is 5.69 Å². The van der Waals surface area contributed by atoms with Gasteiger partial charge in [-0.3, -0.25) is 4.99 Å². The van der Waals surface area contributed by atoms with E-state index in [0.29, 0.717) is 6.04 Å². The number of thiazole rings is 1. The van der Waals surface area contributed by atoms with Crippen LogP contribution in [0.25, 0.3) is 0 Å². The number of nitrogens with zero attached hydrogens (tertiary/aromatic N) is 5. The van der Waals surface area contributed by atoms with Crippen molar-refractivity contribution in [3.05, 3.63) is 28.2 Å². The first-order valence-corrected chi connectivity index (χ1v) is 9.62. The maximum absolute atomic E-state index is 4.74. The largest absolute Gasteiger partial charge is 0.356 e. The molecule has 2 aromatic heterocycles. The van der Waals surface area contributed by atoms with E-state index in [2.05, 4.69) is 51.9 Å². The summed E-state index contributed by atoms with van der Waals surface area (Å²) in [6.07, 6.45) is 4.52. The predicted octanol–water partition coefficient (Wildman–Crippen LogP) is 2.37. The van der Waals surface area contributed by atoms with Gasteiger partial charge in [0, 0.05) is 43.3 Å². The van der Waals surface area contributed by atoms with Crippen LogP contribution in [-0.4, -0.2) is 45.3 Å². The lowest BCUT2D eigenvalue weighted by Crippen LogP contribution is -2.47. The maximum atomic E-state index is 4.74. The lowest BCUT2D eigenvalue weighted by atomic mass is 9.93. The second kappa shape index (κ2) is 9.12. The zero-order valence-electron chi connectivity index (χ0n) is 15.8. The summed E-state index contributed by atoms with van der Waals surface area (Å²) in [5, 5.41) is 14.5. The van der Waals surface area contributed by atoms with E-state index in [-0.39, 0.29) is 29.4 Å². The van der Waals surface area contributed by atoms with Crippen LogP contribution in [0.2, 0.25) is 0 Å². The normalized spacial score (nSPS) is 17.4. The highest BCUT2D eigenvalue weighted by Gasteiger charge is 2.20. The first-order chi connectivity index (χ1) is 12.0. The minimum atomic E-state index is 0. The van der Waals surface area contributed by atoms with Crippen molar-refractivity contribution in [2.75, 3.05) is 13.6 Å². The Bertz CT molecular complexity index is 732. The Balaban J connectivity index is 0.00000243. The average molecular weight is 489 g/mol. The molecule has 0 aromatic carbocycles. The van der Waals surface area contributed by atoms with Gasteiger partial charge < -0.3 is 10.6 Å². The number of fused-ring (bicyclic) bond motifs is 1. The SMILES string of the molecule is CN=C(NCCc1nc(C(C)(C)C)cs1)NC1CCc2ncnn2C1.I. The van der Waals surface area contributed by atoms with E-state index in [0.717, 1.165) is 49.1 Å². The van der Waals surface area contributed by atoms with Crippen LogP contribution >= 0.6 is 35.3 Å². The summed E-state index contributed by atoms with van der Waals surface area (Å²) in [4.78, 5) is 13.3. The molecule has 0 aliphatic carbocycles. The molecule has 0 saturated carbocycles. The fourth-order valence-electron chi connectivity index (χ4n) is 2.80. The van der Waals surface area contributed by atoms with Gasteiger partial charge in [-0.1, -0.05) is 20.8 Å². The molecule has 0 bridgehead atoms. The number of hydrogen-bond acceptors (Lipinski definition) is 5. The van der Waals surface area contributed by atoms with Gasteiger partial charge in [-0.2, -0.15) is 5.10 Å². The van der Waals surface area contributed by atoms with Gasteiger partial charge in [0.2, 0.25) is 0 Å². The molecular formula is C17H28IN7S. The number of halogens is 1. The molecule has 1 atom stereocenters. The topological polar surface area (TPSA) is 80.0 Å². The number of aryl methyl sites for hydroxylation is 1. The molecule has 2 aromatic rings. The summed E-state index contributed by atoms with van der Waals surface area (Å²) in [5.74, 6) is 1.90. The Morgan fingerprint density at radius 1 is 1.42 bits per heavy atom. The number of guanidine groups is 1. The second-order valence-corrected chi connectivity index (χ2v) is 8.31. The van der Waals surface area contributed by atoms with Crippen molar-refractivity contribution in [1.82, 2.24) is 30.4 Å². The first-order valence-electron chi connectivity index (χ1n) is 8.74. The Kier molecular flexibility index (Phi) is 7.39. The van der Waals surface area contributed by atoms with Crippen LogP contribution in [0, 0.1) is 0 Å². The van der Waals surface area contributed by atoms with Gasteiger partial charge in [-0.05, 0) is 6.42 Å². The zero-order chi connectivity index (χ0) is 17.9. The molecule has 144 valence electrons. The molecule has 0 spiro atoms. The van der Waals surface area contributed by atoms with Crippen LogP contribution < -0.4 is 10.6 Å². The van der Waals surface area contributed by atoms with E-state index in [9.17, 15) is 0 Å².